The third kappa shape index (κ3) is 4.16. The normalized spacial score (nSPS) is 18.4. The van der Waals surface area contributed by atoms with Crippen LogP contribution in [-0.4, -0.2) is 61.4 Å². The molecule has 1 atom stereocenters. The summed E-state index contributed by atoms with van der Waals surface area (Å²) in [5, 5.41) is 4.56. The number of fused-ring (bicyclic) bond motifs is 4. The molecule has 1 aromatic carbocycles. The van der Waals surface area contributed by atoms with Crippen molar-refractivity contribution < 1.29 is 14.3 Å². The van der Waals surface area contributed by atoms with Gasteiger partial charge in [-0.3, -0.25) is 9.79 Å². The van der Waals surface area contributed by atoms with Crippen LogP contribution in [0, 0.1) is 5.41 Å². The molecule has 0 spiro atoms. The lowest BCUT2D eigenvalue weighted by Crippen LogP contribution is -2.45. The fourth-order valence-electron chi connectivity index (χ4n) is 5.20. The minimum absolute atomic E-state index is 0.203. The number of nitrogens with zero attached hydrogens (tertiary/aromatic N) is 4. The van der Waals surface area contributed by atoms with Crippen LogP contribution in [-0.2, 0) is 28.9 Å². The van der Waals surface area contributed by atoms with Crippen molar-refractivity contribution in [3.05, 3.63) is 40.0 Å². The maximum absolute atomic E-state index is 13.5. The van der Waals surface area contributed by atoms with Gasteiger partial charge in [-0.15, -0.1) is 11.3 Å². The fourth-order valence-corrected chi connectivity index (χ4v) is 6.53. The molecular formula is C26H31N5O3S. The molecular weight excluding hydrogens is 462 g/mol. The minimum atomic E-state index is -0.389. The van der Waals surface area contributed by atoms with E-state index in [1.165, 1.54) is 10.4 Å². The number of carbonyl (C=O) groups excluding carboxylic acids is 1. The number of ether oxygens (including phenoxy) is 2. The number of hydrogen-bond acceptors (Lipinski definition) is 8. The molecule has 184 valence electrons. The molecule has 0 fully saturated rings. The molecule has 1 amide bonds. The van der Waals surface area contributed by atoms with Gasteiger partial charge in [-0.2, -0.15) is 0 Å². The molecule has 8 nitrogen and oxygen atoms in total. The van der Waals surface area contributed by atoms with Crippen molar-refractivity contribution in [3.63, 3.8) is 0 Å². The molecule has 0 bridgehead atoms. The number of likely N-dealkylation sites (N-methyl/N-ethyl adjacent to an activating group) is 1. The molecule has 1 N–H and O–H groups in total. The van der Waals surface area contributed by atoms with E-state index >= 15 is 0 Å². The minimum Gasteiger partial charge on any atom is -0.495 e. The number of aromatic nitrogens is 2. The van der Waals surface area contributed by atoms with Gasteiger partial charge < -0.3 is 19.7 Å². The van der Waals surface area contributed by atoms with E-state index in [4.69, 9.17) is 9.47 Å². The molecule has 0 radical (unpaired) electrons. The lowest BCUT2D eigenvalue weighted by atomic mass is 9.71. The Kier molecular flexibility index (Phi) is 6.46. The molecule has 1 aliphatic heterocycles. The molecule has 3 aromatic rings. The molecule has 0 saturated carbocycles. The predicted molar refractivity (Wildman–Crippen MR) is 139 cm³/mol. The average Bonchev–Trinajstić information content (AvgIpc) is 3.49. The van der Waals surface area contributed by atoms with Crippen LogP contribution in [0.4, 0.5) is 11.5 Å². The molecule has 3 heterocycles. The van der Waals surface area contributed by atoms with Crippen LogP contribution in [0.5, 0.6) is 5.75 Å². The predicted octanol–water partition coefficient (Wildman–Crippen LogP) is 4.37. The van der Waals surface area contributed by atoms with Crippen LogP contribution in [0.2, 0.25) is 0 Å². The van der Waals surface area contributed by atoms with Crippen LogP contribution < -0.4 is 10.1 Å². The number of hydrogen-bond donors (Lipinski definition) is 1. The van der Waals surface area contributed by atoms with E-state index in [1.807, 2.05) is 24.2 Å². The first kappa shape index (κ1) is 23.7. The zero-order chi connectivity index (χ0) is 24.6. The first-order valence-corrected chi connectivity index (χ1v) is 12.8. The number of aliphatic imine (C=N–C) groups is 1. The zero-order valence-electron chi connectivity index (χ0n) is 20.7. The number of carbonyl (C=O) groups is 1. The highest BCUT2D eigenvalue weighted by atomic mass is 32.1. The van der Waals surface area contributed by atoms with Crippen LogP contribution >= 0.6 is 11.3 Å². The number of anilines is 2. The van der Waals surface area contributed by atoms with Crippen LogP contribution in [0.3, 0.4) is 0 Å². The van der Waals surface area contributed by atoms with Gasteiger partial charge >= 0.3 is 0 Å². The van der Waals surface area contributed by atoms with Gasteiger partial charge in [0.05, 0.1) is 36.8 Å². The van der Waals surface area contributed by atoms with E-state index < -0.39 is 0 Å². The Bertz CT molecular complexity index is 1300. The van der Waals surface area contributed by atoms with Crippen molar-refractivity contribution >= 4 is 45.2 Å². The van der Waals surface area contributed by atoms with Crippen LogP contribution in [0.25, 0.3) is 10.2 Å². The molecule has 2 aromatic heterocycles. The summed E-state index contributed by atoms with van der Waals surface area (Å²) in [5.74, 6) is 1.74. The van der Waals surface area contributed by atoms with Gasteiger partial charge in [0.2, 0.25) is 5.91 Å². The first-order valence-electron chi connectivity index (χ1n) is 12.0. The van der Waals surface area contributed by atoms with E-state index in [-0.39, 0.29) is 11.3 Å². The van der Waals surface area contributed by atoms with Gasteiger partial charge in [0.15, 0.2) is 0 Å². The Labute approximate surface area is 209 Å². The van der Waals surface area contributed by atoms with E-state index in [0.717, 1.165) is 64.3 Å². The van der Waals surface area contributed by atoms with Gasteiger partial charge in [0.1, 0.15) is 22.7 Å². The van der Waals surface area contributed by atoms with Crippen molar-refractivity contribution in [1.29, 1.82) is 0 Å². The van der Waals surface area contributed by atoms with Gasteiger partial charge in [-0.25, -0.2) is 9.97 Å². The first-order chi connectivity index (χ1) is 17.0. The second kappa shape index (κ2) is 9.54. The maximum atomic E-state index is 13.5. The number of thiophene rings is 1. The largest absolute Gasteiger partial charge is 0.495 e. The maximum Gasteiger partial charge on any atom is 0.228 e. The summed E-state index contributed by atoms with van der Waals surface area (Å²) in [4.78, 5) is 31.0. The molecule has 0 unspecified atom stereocenters. The van der Waals surface area contributed by atoms with Crippen molar-refractivity contribution in [1.82, 2.24) is 14.9 Å². The van der Waals surface area contributed by atoms with E-state index in [0.29, 0.717) is 19.7 Å². The van der Waals surface area contributed by atoms with Gasteiger partial charge in [-0.1, -0.05) is 6.92 Å². The number of benzene rings is 1. The van der Waals surface area contributed by atoms with Crippen molar-refractivity contribution in [3.8, 4) is 5.75 Å². The second-order valence-electron chi connectivity index (χ2n) is 9.28. The summed E-state index contributed by atoms with van der Waals surface area (Å²) in [7, 11) is 5.22. The Morgan fingerprint density at radius 3 is 2.91 bits per heavy atom. The molecule has 9 heteroatoms. The lowest BCUT2D eigenvalue weighted by molar-refractivity contribution is -0.142. The van der Waals surface area contributed by atoms with E-state index in [9.17, 15) is 4.79 Å². The van der Waals surface area contributed by atoms with Gasteiger partial charge in [-0.05, 0) is 54.5 Å². The third-order valence-electron chi connectivity index (χ3n) is 7.34. The quantitative estimate of drug-likeness (QED) is 0.501. The molecule has 5 rings (SSSR count). The van der Waals surface area contributed by atoms with Gasteiger partial charge in [0, 0.05) is 31.8 Å². The third-order valence-corrected chi connectivity index (χ3v) is 8.48. The highest BCUT2D eigenvalue weighted by Gasteiger charge is 2.43. The van der Waals surface area contributed by atoms with Crippen LogP contribution in [0.1, 0.15) is 41.3 Å². The molecule has 2 aliphatic rings. The zero-order valence-corrected chi connectivity index (χ0v) is 21.5. The number of nitrogens with one attached hydrogen (secondary N) is 1. The highest BCUT2D eigenvalue weighted by molar-refractivity contribution is 7.19. The Morgan fingerprint density at radius 2 is 2.14 bits per heavy atom. The fraction of sp³-hybridized carbons (Fsp3) is 0.462. The average molecular weight is 494 g/mol. The molecule has 35 heavy (non-hydrogen) atoms. The Morgan fingerprint density at radius 1 is 1.29 bits per heavy atom. The summed E-state index contributed by atoms with van der Waals surface area (Å²) in [6.07, 6.45) is 6.67. The number of methoxy groups -OCH3 is 2. The smallest absolute Gasteiger partial charge is 0.228 e. The summed E-state index contributed by atoms with van der Waals surface area (Å²) in [6.45, 7) is 3.94. The van der Waals surface area contributed by atoms with Crippen LogP contribution in [0.15, 0.2) is 23.5 Å². The number of rotatable bonds is 8. The number of aryl methyl sites for hydroxylation is 1. The second-order valence-corrected chi connectivity index (χ2v) is 10.4. The summed E-state index contributed by atoms with van der Waals surface area (Å²) < 4.78 is 10.8. The van der Waals surface area contributed by atoms with E-state index in [2.05, 4.69) is 33.3 Å². The van der Waals surface area contributed by atoms with Crippen molar-refractivity contribution in [2.45, 2.75) is 39.2 Å². The Hall–Kier alpha value is -3.04. The van der Waals surface area contributed by atoms with Gasteiger partial charge in [0.25, 0.3) is 0 Å². The van der Waals surface area contributed by atoms with Crippen molar-refractivity contribution in [2.75, 3.05) is 39.7 Å². The summed E-state index contributed by atoms with van der Waals surface area (Å²) >= 11 is 1.68. The monoisotopic (exact) mass is 493 g/mol. The topological polar surface area (TPSA) is 88.9 Å². The lowest BCUT2D eigenvalue weighted by Gasteiger charge is -2.38. The van der Waals surface area contributed by atoms with E-state index in [1.54, 1.807) is 31.9 Å². The summed E-state index contributed by atoms with van der Waals surface area (Å²) in [6, 6.07) is 4.10. The molecule has 1 aliphatic carbocycles. The SMILES string of the molecule is CC[C@]1(C(=O)N(C)CCOC)CCc2c(sc3ncnc(Nc4cc5c(cc4OC)CN=C5)c23)C1. The molecule has 0 saturated heterocycles. The summed E-state index contributed by atoms with van der Waals surface area (Å²) in [5.41, 5.74) is 3.97. The highest BCUT2D eigenvalue weighted by Crippen LogP contribution is 2.47. The Balaban J connectivity index is 1.49. The number of amides is 1. The van der Waals surface area contributed by atoms with Crippen molar-refractivity contribution in [2.24, 2.45) is 10.4 Å². The standard InChI is InChI=1S/C26H31N5O3S/c1-5-26(25(32)31(2)8-9-33-3)7-6-18-21(12-26)35-24-22(18)23(28-15-29-24)30-19-10-16-13-27-14-17(16)11-20(19)34-4/h10-11,13,15H,5-9,12,14H2,1-4H3,(H,28,29,30)/t26-/m0/s1.